The van der Waals surface area contributed by atoms with Crippen LogP contribution in [0.1, 0.15) is 38.3 Å². The van der Waals surface area contributed by atoms with E-state index in [0.29, 0.717) is 24.8 Å². The van der Waals surface area contributed by atoms with Crippen molar-refractivity contribution in [3.63, 3.8) is 0 Å². The normalized spacial score (nSPS) is 16.9. The van der Waals surface area contributed by atoms with E-state index in [0.717, 1.165) is 12.8 Å². The second kappa shape index (κ2) is 7.54. The third-order valence-electron chi connectivity index (χ3n) is 4.57. The molecule has 2 aromatic rings. The van der Waals surface area contributed by atoms with Crippen LogP contribution in [0, 0.1) is 5.92 Å². The predicted molar refractivity (Wildman–Crippen MR) is 99.9 cm³/mol. The molecule has 1 fully saturated rings. The molecule has 0 aliphatic carbocycles. The Morgan fingerprint density at radius 3 is 2.28 bits per heavy atom. The van der Waals surface area contributed by atoms with Crippen LogP contribution in [0.5, 0.6) is 0 Å². The summed E-state index contributed by atoms with van der Waals surface area (Å²) in [7, 11) is -3.41. The largest absolute Gasteiger partial charge is 0.363 e. The topological polar surface area (TPSA) is 62.3 Å². The van der Waals surface area contributed by atoms with Gasteiger partial charge in [0.1, 0.15) is 10.7 Å². The fourth-order valence-corrected chi connectivity index (χ4v) is 4.61. The van der Waals surface area contributed by atoms with Crippen molar-refractivity contribution in [2.24, 2.45) is 5.92 Å². The summed E-state index contributed by atoms with van der Waals surface area (Å²) in [6.45, 7) is 5.51. The highest BCUT2D eigenvalue weighted by Gasteiger charge is 2.27. The number of anilines is 1. The van der Waals surface area contributed by atoms with Crippen molar-refractivity contribution in [3.8, 4) is 0 Å². The number of hydrogen-bond acceptors (Lipinski definition) is 4. The molecule has 2 heterocycles. The minimum Gasteiger partial charge on any atom is -0.363 e. The molecule has 1 aromatic heterocycles. The van der Waals surface area contributed by atoms with Crippen molar-refractivity contribution in [1.29, 1.82) is 0 Å². The minimum atomic E-state index is -3.41. The standard InChI is InChI=1S/C19H25N3O2S/c1-15(2)19(16-8-4-3-5-9-16)21-18-11-10-17(14-20-18)25(23,24)22-12-6-7-13-22/h3-5,8-11,14-15,19H,6-7,12-13H2,1-2H3,(H,20,21). The second-order valence-electron chi connectivity index (χ2n) is 6.77. The summed E-state index contributed by atoms with van der Waals surface area (Å²) in [6, 6.07) is 13.7. The Morgan fingerprint density at radius 1 is 1.04 bits per heavy atom. The predicted octanol–water partition coefficient (Wildman–Crippen LogP) is 3.68. The van der Waals surface area contributed by atoms with Crippen LogP contribution in [0.4, 0.5) is 5.82 Å². The van der Waals surface area contributed by atoms with Crippen molar-refractivity contribution < 1.29 is 8.42 Å². The van der Waals surface area contributed by atoms with Crippen molar-refractivity contribution >= 4 is 15.8 Å². The molecule has 0 bridgehead atoms. The van der Waals surface area contributed by atoms with Crippen LogP contribution in [0.25, 0.3) is 0 Å². The number of nitrogens with one attached hydrogen (secondary N) is 1. The van der Waals surface area contributed by atoms with Gasteiger partial charge in [-0.25, -0.2) is 13.4 Å². The Balaban J connectivity index is 1.78. The third-order valence-corrected chi connectivity index (χ3v) is 6.45. The molecule has 1 aromatic carbocycles. The Hall–Kier alpha value is -1.92. The van der Waals surface area contributed by atoms with Gasteiger partial charge in [0.05, 0.1) is 6.04 Å². The second-order valence-corrected chi connectivity index (χ2v) is 8.70. The van der Waals surface area contributed by atoms with E-state index in [1.807, 2.05) is 18.2 Å². The van der Waals surface area contributed by atoms with Crippen LogP contribution in [0.15, 0.2) is 53.6 Å². The third kappa shape index (κ3) is 4.02. The average molecular weight is 359 g/mol. The molecule has 1 aliphatic heterocycles. The van der Waals surface area contributed by atoms with E-state index in [1.165, 1.54) is 16.1 Å². The van der Waals surface area contributed by atoms with Gasteiger partial charge in [0.15, 0.2) is 0 Å². The summed E-state index contributed by atoms with van der Waals surface area (Å²) >= 11 is 0. The van der Waals surface area contributed by atoms with Gasteiger partial charge in [-0.1, -0.05) is 44.2 Å². The molecule has 1 unspecified atom stereocenters. The van der Waals surface area contributed by atoms with Crippen molar-refractivity contribution in [3.05, 3.63) is 54.2 Å². The maximum Gasteiger partial charge on any atom is 0.244 e. The summed E-state index contributed by atoms with van der Waals surface area (Å²) < 4.78 is 26.7. The number of sulfonamides is 1. The number of pyridine rings is 1. The zero-order chi connectivity index (χ0) is 17.9. The van der Waals surface area contributed by atoms with E-state index in [4.69, 9.17) is 0 Å². The van der Waals surface area contributed by atoms with Crippen LogP contribution in [0.2, 0.25) is 0 Å². The SMILES string of the molecule is CC(C)C(Nc1ccc(S(=O)(=O)N2CCCC2)cn1)c1ccccc1. The van der Waals surface area contributed by atoms with Gasteiger partial charge in [0, 0.05) is 19.3 Å². The van der Waals surface area contributed by atoms with E-state index in [9.17, 15) is 8.42 Å². The summed E-state index contributed by atoms with van der Waals surface area (Å²) in [5, 5.41) is 3.42. The van der Waals surface area contributed by atoms with E-state index < -0.39 is 10.0 Å². The summed E-state index contributed by atoms with van der Waals surface area (Å²) in [5.41, 5.74) is 1.19. The molecular weight excluding hydrogens is 334 g/mol. The zero-order valence-corrected chi connectivity index (χ0v) is 15.5. The molecule has 1 N–H and O–H groups in total. The summed E-state index contributed by atoms with van der Waals surface area (Å²) in [6.07, 6.45) is 3.32. The van der Waals surface area contributed by atoms with Gasteiger partial charge in [0.25, 0.3) is 0 Å². The Labute approximate surface area is 150 Å². The molecule has 134 valence electrons. The highest BCUT2D eigenvalue weighted by Crippen LogP contribution is 2.26. The fourth-order valence-electron chi connectivity index (χ4n) is 3.15. The molecule has 0 radical (unpaired) electrons. The lowest BCUT2D eigenvalue weighted by Gasteiger charge is -2.23. The quantitative estimate of drug-likeness (QED) is 0.855. The minimum absolute atomic E-state index is 0.120. The van der Waals surface area contributed by atoms with E-state index in [2.05, 4.69) is 36.3 Å². The Bertz CT molecular complexity index is 783. The number of rotatable bonds is 6. The molecule has 1 aliphatic rings. The monoisotopic (exact) mass is 359 g/mol. The van der Waals surface area contributed by atoms with Gasteiger partial charge >= 0.3 is 0 Å². The van der Waals surface area contributed by atoms with Gasteiger partial charge in [-0.15, -0.1) is 0 Å². The van der Waals surface area contributed by atoms with Crippen LogP contribution >= 0.6 is 0 Å². The van der Waals surface area contributed by atoms with Gasteiger partial charge in [-0.05, 0) is 36.5 Å². The van der Waals surface area contributed by atoms with Crippen molar-refractivity contribution in [2.45, 2.75) is 37.6 Å². The van der Waals surface area contributed by atoms with Gasteiger partial charge < -0.3 is 5.32 Å². The molecule has 25 heavy (non-hydrogen) atoms. The highest BCUT2D eigenvalue weighted by atomic mass is 32.2. The Morgan fingerprint density at radius 2 is 1.72 bits per heavy atom. The smallest absolute Gasteiger partial charge is 0.244 e. The van der Waals surface area contributed by atoms with E-state index in [1.54, 1.807) is 12.1 Å². The molecule has 1 saturated heterocycles. The van der Waals surface area contributed by atoms with Crippen LogP contribution in [-0.4, -0.2) is 30.8 Å². The zero-order valence-electron chi connectivity index (χ0n) is 14.7. The Kier molecular flexibility index (Phi) is 5.39. The summed E-state index contributed by atoms with van der Waals surface area (Å²) in [5.74, 6) is 1.06. The van der Waals surface area contributed by atoms with Crippen LogP contribution < -0.4 is 5.32 Å². The maximum atomic E-state index is 12.6. The lowest BCUT2D eigenvalue weighted by atomic mass is 9.96. The molecule has 0 spiro atoms. The fraction of sp³-hybridized carbons (Fsp3) is 0.421. The lowest BCUT2D eigenvalue weighted by Crippen LogP contribution is -2.28. The number of hydrogen-bond donors (Lipinski definition) is 1. The number of nitrogens with zero attached hydrogens (tertiary/aromatic N) is 2. The molecule has 6 heteroatoms. The van der Waals surface area contributed by atoms with Gasteiger partial charge in [-0.2, -0.15) is 4.31 Å². The van der Waals surface area contributed by atoms with E-state index in [-0.39, 0.29) is 10.9 Å². The first-order chi connectivity index (χ1) is 12.0. The first-order valence-electron chi connectivity index (χ1n) is 8.76. The molecular formula is C19H25N3O2S. The first kappa shape index (κ1) is 17.9. The number of aromatic nitrogens is 1. The van der Waals surface area contributed by atoms with Crippen LogP contribution in [-0.2, 0) is 10.0 Å². The first-order valence-corrected chi connectivity index (χ1v) is 10.2. The lowest BCUT2D eigenvalue weighted by molar-refractivity contribution is 0.477. The molecule has 5 nitrogen and oxygen atoms in total. The van der Waals surface area contributed by atoms with Gasteiger partial charge in [-0.3, -0.25) is 0 Å². The van der Waals surface area contributed by atoms with Crippen LogP contribution in [0.3, 0.4) is 0 Å². The maximum absolute atomic E-state index is 12.6. The molecule has 1 atom stereocenters. The van der Waals surface area contributed by atoms with E-state index >= 15 is 0 Å². The number of benzene rings is 1. The molecule has 0 amide bonds. The summed E-state index contributed by atoms with van der Waals surface area (Å²) in [4.78, 5) is 4.61. The van der Waals surface area contributed by atoms with Crippen molar-refractivity contribution in [2.75, 3.05) is 18.4 Å². The average Bonchev–Trinajstić information content (AvgIpc) is 3.16. The molecule has 0 saturated carbocycles. The molecule has 3 rings (SSSR count). The van der Waals surface area contributed by atoms with Gasteiger partial charge in [0.2, 0.25) is 10.0 Å². The highest BCUT2D eigenvalue weighted by molar-refractivity contribution is 7.89. The van der Waals surface area contributed by atoms with Crippen molar-refractivity contribution in [1.82, 2.24) is 9.29 Å².